The highest BCUT2D eigenvalue weighted by atomic mass is 16.6. The third-order valence-corrected chi connectivity index (χ3v) is 3.82. The number of benzene rings is 1. The number of ether oxygens (including phenoxy) is 3. The molecule has 0 unspecified atom stereocenters. The molecule has 27 heavy (non-hydrogen) atoms. The van der Waals surface area contributed by atoms with Crippen LogP contribution in [0.3, 0.4) is 0 Å². The SMILES string of the molecule is CC(C)(C)OC(=O)Cc1ccccc1O[C@H]1CCN(C(=O)OC(C)(C)C)C1. The first kappa shape index (κ1) is 21.1. The standard InChI is InChI=1S/C21H31NO5/c1-20(2,3)26-18(23)13-15-9-7-8-10-17(15)25-16-11-12-22(14-16)19(24)27-21(4,5)6/h7-10,16H,11-14H2,1-6H3/t16-/m0/s1. The molecule has 6 heteroatoms. The largest absolute Gasteiger partial charge is 0.488 e. The van der Waals surface area contributed by atoms with Crippen LogP contribution in [0.2, 0.25) is 0 Å². The summed E-state index contributed by atoms with van der Waals surface area (Å²) in [6.07, 6.45) is 0.420. The van der Waals surface area contributed by atoms with Crippen molar-refractivity contribution in [2.75, 3.05) is 13.1 Å². The molecule has 1 aliphatic rings. The predicted octanol–water partition coefficient (Wildman–Crippen LogP) is 3.96. The van der Waals surface area contributed by atoms with Crippen molar-refractivity contribution < 1.29 is 23.8 Å². The summed E-state index contributed by atoms with van der Waals surface area (Å²) in [4.78, 5) is 26.0. The summed E-state index contributed by atoms with van der Waals surface area (Å²) in [5.74, 6) is 0.361. The van der Waals surface area contributed by atoms with Crippen LogP contribution in [-0.4, -0.2) is 47.4 Å². The molecule has 0 spiro atoms. The molecule has 0 saturated carbocycles. The van der Waals surface area contributed by atoms with E-state index in [4.69, 9.17) is 14.2 Å². The maximum Gasteiger partial charge on any atom is 0.410 e. The highest BCUT2D eigenvalue weighted by Crippen LogP contribution is 2.25. The van der Waals surface area contributed by atoms with E-state index in [1.165, 1.54) is 0 Å². The van der Waals surface area contributed by atoms with Gasteiger partial charge in [-0.05, 0) is 47.6 Å². The van der Waals surface area contributed by atoms with Crippen molar-refractivity contribution in [1.82, 2.24) is 4.90 Å². The fourth-order valence-corrected chi connectivity index (χ4v) is 2.79. The van der Waals surface area contributed by atoms with Gasteiger partial charge in [-0.3, -0.25) is 4.79 Å². The normalized spacial score (nSPS) is 17.6. The summed E-state index contributed by atoms with van der Waals surface area (Å²) < 4.78 is 16.9. The lowest BCUT2D eigenvalue weighted by Gasteiger charge is -2.24. The first-order valence-corrected chi connectivity index (χ1v) is 9.37. The van der Waals surface area contributed by atoms with Gasteiger partial charge in [-0.25, -0.2) is 4.79 Å². The van der Waals surface area contributed by atoms with Gasteiger partial charge in [0.2, 0.25) is 0 Å². The Labute approximate surface area is 161 Å². The van der Waals surface area contributed by atoms with Gasteiger partial charge in [-0.2, -0.15) is 0 Å². The summed E-state index contributed by atoms with van der Waals surface area (Å²) in [6.45, 7) is 12.1. The van der Waals surface area contributed by atoms with Crippen LogP contribution < -0.4 is 4.74 Å². The second kappa shape index (κ2) is 8.19. The van der Waals surface area contributed by atoms with Gasteiger partial charge < -0.3 is 19.1 Å². The first-order chi connectivity index (χ1) is 12.4. The molecule has 1 atom stereocenters. The lowest BCUT2D eigenvalue weighted by atomic mass is 10.1. The fourth-order valence-electron chi connectivity index (χ4n) is 2.79. The van der Waals surface area contributed by atoms with E-state index in [0.717, 1.165) is 12.0 Å². The summed E-state index contributed by atoms with van der Waals surface area (Å²) >= 11 is 0. The number of nitrogens with zero attached hydrogens (tertiary/aromatic N) is 1. The zero-order chi connectivity index (χ0) is 20.2. The average molecular weight is 377 g/mol. The van der Waals surface area contributed by atoms with E-state index in [1.54, 1.807) is 4.90 Å². The smallest absolute Gasteiger partial charge is 0.410 e. The quantitative estimate of drug-likeness (QED) is 0.743. The lowest BCUT2D eigenvalue weighted by molar-refractivity contribution is -0.153. The van der Waals surface area contributed by atoms with Gasteiger partial charge in [-0.1, -0.05) is 18.2 Å². The van der Waals surface area contributed by atoms with Gasteiger partial charge in [-0.15, -0.1) is 0 Å². The summed E-state index contributed by atoms with van der Waals surface area (Å²) in [5, 5.41) is 0. The molecule has 0 N–H and O–H groups in total. The molecular formula is C21H31NO5. The van der Waals surface area contributed by atoms with Crippen LogP contribution in [0.4, 0.5) is 4.79 Å². The molecule has 1 amide bonds. The summed E-state index contributed by atoms with van der Waals surface area (Å²) in [6, 6.07) is 7.44. The molecule has 6 nitrogen and oxygen atoms in total. The zero-order valence-corrected chi connectivity index (χ0v) is 17.2. The van der Waals surface area contributed by atoms with E-state index >= 15 is 0 Å². The van der Waals surface area contributed by atoms with Gasteiger partial charge in [0, 0.05) is 18.5 Å². The van der Waals surface area contributed by atoms with Gasteiger partial charge >= 0.3 is 12.1 Å². The monoisotopic (exact) mass is 377 g/mol. The van der Waals surface area contributed by atoms with Gasteiger partial charge in [0.15, 0.2) is 0 Å². The minimum Gasteiger partial charge on any atom is -0.488 e. The van der Waals surface area contributed by atoms with Gasteiger partial charge in [0.25, 0.3) is 0 Å². The number of rotatable bonds is 4. The number of hydrogen-bond acceptors (Lipinski definition) is 5. The number of hydrogen-bond donors (Lipinski definition) is 0. The molecule has 0 aliphatic carbocycles. The maximum absolute atomic E-state index is 12.2. The lowest BCUT2D eigenvalue weighted by Crippen LogP contribution is -2.36. The molecular weight excluding hydrogens is 346 g/mol. The van der Waals surface area contributed by atoms with E-state index in [0.29, 0.717) is 18.8 Å². The molecule has 1 fully saturated rings. The molecule has 0 radical (unpaired) electrons. The van der Waals surface area contributed by atoms with E-state index in [2.05, 4.69) is 0 Å². The third kappa shape index (κ3) is 7.12. The Morgan fingerprint density at radius 3 is 2.30 bits per heavy atom. The molecule has 0 aromatic heterocycles. The van der Waals surface area contributed by atoms with Gasteiger partial charge in [0.05, 0.1) is 13.0 Å². The molecule has 150 valence electrons. The molecule has 1 heterocycles. The van der Waals surface area contributed by atoms with Crippen LogP contribution >= 0.6 is 0 Å². The third-order valence-electron chi connectivity index (χ3n) is 3.82. The number of esters is 1. The Balaban J connectivity index is 1.97. The van der Waals surface area contributed by atoms with Gasteiger partial charge in [0.1, 0.15) is 23.1 Å². The molecule has 1 aliphatic heterocycles. The van der Waals surface area contributed by atoms with Crippen molar-refractivity contribution >= 4 is 12.1 Å². The Kier molecular flexibility index (Phi) is 6.39. The second-order valence-electron chi connectivity index (χ2n) is 8.83. The van der Waals surface area contributed by atoms with Crippen LogP contribution in [0.25, 0.3) is 0 Å². The fraction of sp³-hybridized carbons (Fsp3) is 0.619. The second-order valence-corrected chi connectivity index (χ2v) is 8.83. The molecule has 1 saturated heterocycles. The average Bonchev–Trinajstić information content (AvgIpc) is 2.94. The molecule has 1 aromatic rings. The molecule has 2 rings (SSSR count). The Morgan fingerprint density at radius 1 is 1.04 bits per heavy atom. The maximum atomic E-state index is 12.2. The number of likely N-dealkylation sites (tertiary alicyclic amines) is 1. The highest BCUT2D eigenvalue weighted by molar-refractivity contribution is 5.74. The predicted molar refractivity (Wildman–Crippen MR) is 103 cm³/mol. The summed E-state index contributed by atoms with van der Waals surface area (Å²) in [5.41, 5.74) is -0.259. The first-order valence-electron chi connectivity index (χ1n) is 9.37. The van der Waals surface area contributed by atoms with E-state index in [9.17, 15) is 9.59 Å². The van der Waals surface area contributed by atoms with Crippen molar-refractivity contribution in [2.24, 2.45) is 0 Å². The molecule has 0 bridgehead atoms. The number of carbonyl (C=O) groups excluding carboxylic acids is 2. The van der Waals surface area contributed by atoms with Crippen LogP contribution in [0, 0.1) is 0 Å². The highest BCUT2D eigenvalue weighted by Gasteiger charge is 2.31. The number of carbonyl (C=O) groups is 2. The van der Waals surface area contributed by atoms with Crippen molar-refractivity contribution in [3.63, 3.8) is 0 Å². The van der Waals surface area contributed by atoms with Crippen LogP contribution in [0.15, 0.2) is 24.3 Å². The molecule has 1 aromatic carbocycles. The van der Waals surface area contributed by atoms with E-state index < -0.39 is 11.2 Å². The zero-order valence-electron chi connectivity index (χ0n) is 17.2. The minimum absolute atomic E-state index is 0.127. The van der Waals surface area contributed by atoms with Crippen molar-refractivity contribution in [3.8, 4) is 5.75 Å². The minimum atomic E-state index is -0.522. The Morgan fingerprint density at radius 2 is 1.67 bits per heavy atom. The Hall–Kier alpha value is -2.24. The number of amides is 1. The topological polar surface area (TPSA) is 65.1 Å². The summed E-state index contributed by atoms with van der Waals surface area (Å²) in [7, 11) is 0. The van der Waals surface area contributed by atoms with E-state index in [-0.39, 0.29) is 24.6 Å². The van der Waals surface area contributed by atoms with Crippen molar-refractivity contribution in [1.29, 1.82) is 0 Å². The van der Waals surface area contributed by atoms with Crippen molar-refractivity contribution in [2.45, 2.75) is 71.7 Å². The van der Waals surface area contributed by atoms with Crippen LogP contribution in [0.1, 0.15) is 53.5 Å². The van der Waals surface area contributed by atoms with Crippen LogP contribution in [-0.2, 0) is 20.7 Å². The van der Waals surface area contributed by atoms with E-state index in [1.807, 2.05) is 65.8 Å². The number of para-hydroxylation sites is 1. The Bertz CT molecular complexity index is 672. The van der Waals surface area contributed by atoms with Crippen molar-refractivity contribution in [3.05, 3.63) is 29.8 Å². The van der Waals surface area contributed by atoms with Crippen LogP contribution in [0.5, 0.6) is 5.75 Å².